The largest absolute Gasteiger partial charge is 0.376 e. The minimum atomic E-state index is -0.238. The van der Waals surface area contributed by atoms with Gasteiger partial charge in [0.25, 0.3) is 11.8 Å². The Labute approximate surface area is 206 Å². The Morgan fingerprint density at radius 1 is 0.800 bits per heavy atom. The molecule has 1 atom stereocenters. The third-order valence-corrected chi connectivity index (χ3v) is 5.47. The SMILES string of the molecule is CCCCNC(=O)c1ccc(NC(=O)CNc2cccc(C(=O)NC(C)c3ccccc3)c2)cc1. The molecule has 3 aromatic rings. The summed E-state index contributed by atoms with van der Waals surface area (Å²) in [7, 11) is 0. The summed E-state index contributed by atoms with van der Waals surface area (Å²) in [6.45, 7) is 4.68. The highest BCUT2D eigenvalue weighted by molar-refractivity contribution is 5.97. The number of hydrogen-bond donors (Lipinski definition) is 4. The number of unbranched alkanes of at least 4 members (excludes halogenated alkanes) is 1. The zero-order valence-corrected chi connectivity index (χ0v) is 20.1. The highest BCUT2D eigenvalue weighted by atomic mass is 16.2. The number of rotatable bonds is 11. The first-order valence-corrected chi connectivity index (χ1v) is 11.8. The van der Waals surface area contributed by atoms with Crippen LogP contribution >= 0.6 is 0 Å². The van der Waals surface area contributed by atoms with Crippen LogP contribution in [0.3, 0.4) is 0 Å². The summed E-state index contributed by atoms with van der Waals surface area (Å²) in [4.78, 5) is 37.1. The van der Waals surface area contributed by atoms with Crippen molar-refractivity contribution in [2.75, 3.05) is 23.7 Å². The van der Waals surface area contributed by atoms with Gasteiger partial charge in [0.15, 0.2) is 0 Å². The molecule has 182 valence electrons. The van der Waals surface area contributed by atoms with Gasteiger partial charge in [-0.2, -0.15) is 0 Å². The zero-order valence-electron chi connectivity index (χ0n) is 20.1. The van der Waals surface area contributed by atoms with E-state index < -0.39 is 0 Å². The smallest absolute Gasteiger partial charge is 0.251 e. The van der Waals surface area contributed by atoms with Crippen LogP contribution in [0.5, 0.6) is 0 Å². The predicted molar refractivity (Wildman–Crippen MR) is 140 cm³/mol. The van der Waals surface area contributed by atoms with Gasteiger partial charge in [-0.25, -0.2) is 0 Å². The Balaban J connectivity index is 1.49. The Hall–Kier alpha value is -4.13. The topological polar surface area (TPSA) is 99.3 Å². The van der Waals surface area contributed by atoms with E-state index in [0.29, 0.717) is 29.0 Å². The monoisotopic (exact) mass is 472 g/mol. The Bertz CT molecular complexity index is 1130. The number of anilines is 2. The molecule has 0 bridgehead atoms. The Morgan fingerprint density at radius 2 is 1.54 bits per heavy atom. The number of carbonyl (C=O) groups is 3. The van der Waals surface area contributed by atoms with Gasteiger partial charge in [0.2, 0.25) is 5.91 Å². The Morgan fingerprint density at radius 3 is 2.26 bits per heavy atom. The van der Waals surface area contributed by atoms with Crippen LogP contribution in [0.2, 0.25) is 0 Å². The van der Waals surface area contributed by atoms with E-state index >= 15 is 0 Å². The van der Waals surface area contributed by atoms with Gasteiger partial charge in [-0.05, 0) is 61.4 Å². The first-order chi connectivity index (χ1) is 17.0. The fraction of sp³-hybridized carbons (Fsp3) is 0.250. The first-order valence-electron chi connectivity index (χ1n) is 11.8. The Kier molecular flexibility index (Phi) is 9.42. The van der Waals surface area contributed by atoms with E-state index in [1.54, 1.807) is 48.5 Å². The minimum Gasteiger partial charge on any atom is -0.376 e. The number of carbonyl (C=O) groups excluding carboxylic acids is 3. The van der Waals surface area contributed by atoms with Crippen LogP contribution in [0.4, 0.5) is 11.4 Å². The molecule has 3 rings (SSSR count). The van der Waals surface area contributed by atoms with Crippen molar-refractivity contribution in [1.82, 2.24) is 10.6 Å². The molecular formula is C28H32N4O3. The van der Waals surface area contributed by atoms with Gasteiger partial charge in [0.1, 0.15) is 0 Å². The van der Waals surface area contributed by atoms with Crippen LogP contribution in [0, 0.1) is 0 Å². The van der Waals surface area contributed by atoms with E-state index in [9.17, 15) is 14.4 Å². The molecule has 1 unspecified atom stereocenters. The maximum atomic E-state index is 12.7. The molecule has 3 amide bonds. The van der Waals surface area contributed by atoms with Gasteiger partial charge in [0, 0.05) is 29.0 Å². The summed E-state index contributed by atoms with van der Waals surface area (Å²) in [5, 5.41) is 11.7. The lowest BCUT2D eigenvalue weighted by molar-refractivity contribution is -0.114. The summed E-state index contributed by atoms with van der Waals surface area (Å²) in [5.74, 6) is -0.550. The summed E-state index contributed by atoms with van der Waals surface area (Å²) >= 11 is 0. The molecule has 3 aromatic carbocycles. The fourth-order valence-electron chi connectivity index (χ4n) is 3.45. The fourth-order valence-corrected chi connectivity index (χ4v) is 3.45. The van der Waals surface area contributed by atoms with Gasteiger partial charge < -0.3 is 21.3 Å². The molecule has 0 fully saturated rings. The van der Waals surface area contributed by atoms with Gasteiger partial charge in [-0.15, -0.1) is 0 Å². The molecule has 7 nitrogen and oxygen atoms in total. The summed E-state index contributed by atoms with van der Waals surface area (Å²) < 4.78 is 0. The molecule has 0 aliphatic rings. The van der Waals surface area contributed by atoms with Crippen LogP contribution in [0.25, 0.3) is 0 Å². The van der Waals surface area contributed by atoms with E-state index in [2.05, 4.69) is 28.2 Å². The highest BCUT2D eigenvalue weighted by Crippen LogP contribution is 2.15. The number of nitrogens with one attached hydrogen (secondary N) is 4. The first kappa shape index (κ1) is 25.5. The van der Waals surface area contributed by atoms with Crippen LogP contribution in [-0.4, -0.2) is 30.8 Å². The van der Waals surface area contributed by atoms with E-state index in [4.69, 9.17) is 0 Å². The normalized spacial score (nSPS) is 11.3. The van der Waals surface area contributed by atoms with Crippen molar-refractivity contribution in [3.05, 3.63) is 95.6 Å². The van der Waals surface area contributed by atoms with Crippen LogP contribution in [-0.2, 0) is 4.79 Å². The second-order valence-corrected chi connectivity index (χ2v) is 8.28. The van der Waals surface area contributed by atoms with E-state index in [1.165, 1.54) is 0 Å². The lowest BCUT2D eigenvalue weighted by Crippen LogP contribution is -2.27. The van der Waals surface area contributed by atoms with E-state index in [1.807, 2.05) is 37.3 Å². The quantitative estimate of drug-likeness (QED) is 0.303. The van der Waals surface area contributed by atoms with E-state index in [-0.39, 0.29) is 30.3 Å². The van der Waals surface area contributed by atoms with Crippen molar-refractivity contribution >= 4 is 29.1 Å². The highest BCUT2D eigenvalue weighted by Gasteiger charge is 2.12. The number of hydrogen-bond acceptors (Lipinski definition) is 4. The van der Waals surface area contributed by atoms with Crippen molar-refractivity contribution in [3.63, 3.8) is 0 Å². The van der Waals surface area contributed by atoms with E-state index in [0.717, 1.165) is 18.4 Å². The molecule has 35 heavy (non-hydrogen) atoms. The van der Waals surface area contributed by atoms with Crippen LogP contribution in [0.15, 0.2) is 78.9 Å². The molecule has 4 N–H and O–H groups in total. The average molecular weight is 473 g/mol. The van der Waals surface area contributed by atoms with Crippen molar-refractivity contribution in [2.24, 2.45) is 0 Å². The molecule has 0 radical (unpaired) electrons. The van der Waals surface area contributed by atoms with Gasteiger partial charge in [0.05, 0.1) is 12.6 Å². The molecule has 0 heterocycles. The summed E-state index contributed by atoms with van der Waals surface area (Å²) in [6.07, 6.45) is 1.96. The maximum Gasteiger partial charge on any atom is 0.251 e. The summed E-state index contributed by atoms with van der Waals surface area (Å²) in [6, 6.07) is 23.4. The van der Waals surface area contributed by atoms with Crippen LogP contribution in [0.1, 0.15) is 59.0 Å². The van der Waals surface area contributed by atoms with Crippen LogP contribution < -0.4 is 21.3 Å². The molecular weight excluding hydrogens is 440 g/mol. The third-order valence-electron chi connectivity index (χ3n) is 5.47. The molecule has 7 heteroatoms. The molecule has 0 spiro atoms. The lowest BCUT2D eigenvalue weighted by Gasteiger charge is -2.15. The van der Waals surface area contributed by atoms with Crippen molar-refractivity contribution in [2.45, 2.75) is 32.7 Å². The van der Waals surface area contributed by atoms with Gasteiger partial charge in [-0.3, -0.25) is 14.4 Å². The van der Waals surface area contributed by atoms with Gasteiger partial charge >= 0.3 is 0 Å². The standard InChI is InChI=1S/C28H32N4O3/c1-3-4-17-29-27(34)22-13-15-24(16-14-22)32-26(33)19-30-25-12-8-11-23(18-25)28(35)31-20(2)21-9-6-5-7-10-21/h5-16,18,20,30H,3-4,17,19H2,1-2H3,(H,29,34)(H,31,35)(H,32,33). The second-order valence-electron chi connectivity index (χ2n) is 8.28. The molecule has 0 aliphatic carbocycles. The van der Waals surface area contributed by atoms with Crippen molar-refractivity contribution < 1.29 is 14.4 Å². The zero-order chi connectivity index (χ0) is 25.0. The molecule has 0 aromatic heterocycles. The average Bonchev–Trinajstić information content (AvgIpc) is 2.88. The molecule has 0 saturated heterocycles. The van der Waals surface area contributed by atoms with Crippen molar-refractivity contribution in [1.29, 1.82) is 0 Å². The summed E-state index contributed by atoms with van der Waals surface area (Å²) in [5.41, 5.74) is 3.35. The minimum absolute atomic E-state index is 0.0325. The molecule has 0 aliphatic heterocycles. The van der Waals surface area contributed by atoms with Gasteiger partial charge in [-0.1, -0.05) is 49.7 Å². The second kappa shape index (κ2) is 12.9. The number of amides is 3. The molecule has 0 saturated carbocycles. The predicted octanol–water partition coefficient (Wildman–Crippen LogP) is 4.76. The lowest BCUT2D eigenvalue weighted by atomic mass is 10.1. The number of benzene rings is 3. The third kappa shape index (κ3) is 7.99. The van der Waals surface area contributed by atoms with Crippen molar-refractivity contribution in [3.8, 4) is 0 Å². The maximum absolute atomic E-state index is 12.7.